The quantitative estimate of drug-likeness (QED) is 0.714. The first-order valence-corrected chi connectivity index (χ1v) is 9.31. The van der Waals surface area contributed by atoms with Crippen molar-refractivity contribution in [2.24, 2.45) is 11.1 Å². The molecule has 2 aromatic rings. The van der Waals surface area contributed by atoms with Gasteiger partial charge in [0.15, 0.2) is 0 Å². The van der Waals surface area contributed by atoms with Crippen molar-refractivity contribution in [2.45, 2.75) is 38.6 Å². The molecule has 0 bridgehead atoms. The molecule has 4 rings (SSSR count). The average molecular weight is 368 g/mol. The molecule has 2 heterocycles. The number of nitrogens with one attached hydrogen (secondary N) is 2. The van der Waals surface area contributed by atoms with Crippen LogP contribution in [0.15, 0.2) is 24.3 Å². The molecule has 1 aromatic heterocycles. The summed E-state index contributed by atoms with van der Waals surface area (Å²) in [6.07, 6.45) is 1.81. The third-order valence-electron chi connectivity index (χ3n) is 6.04. The van der Waals surface area contributed by atoms with Gasteiger partial charge in [-0.1, -0.05) is 26.0 Å². The van der Waals surface area contributed by atoms with Crippen LogP contribution in [-0.2, 0) is 9.59 Å². The molecule has 4 N–H and O–H groups in total. The van der Waals surface area contributed by atoms with E-state index in [2.05, 4.69) is 36.3 Å². The summed E-state index contributed by atoms with van der Waals surface area (Å²) >= 11 is 0. The molecule has 1 spiro atoms. The summed E-state index contributed by atoms with van der Waals surface area (Å²) in [6, 6.07) is 8.08. The lowest BCUT2D eigenvalue weighted by molar-refractivity contribution is -0.160. The van der Waals surface area contributed by atoms with E-state index < -0.39 is 11.8 Å². The molecular weight excluding hydrogens is 344 g/mol. The van der Waals surface area contributed by atoms with E-state index in [1.807, 2.05) is 12.1 Å². The van der Waals surface area contributed by atoms with Crippen LogP contribution >= 0.6 is 0 Å². The molecule has 1 unspecified atom stereocenters. The van der Waals surface area contributed by atoms with Gasteiger partial charge in [0.25, 0.3) is 5.91 Å². The fraction of sp³-hybridized carbons (Fsp3) is 0.450. The van der Waals surface area contributed by atoms with Crippen LogP contribution in [0, 0.1) is 5.41 Å². The van der Waals surface area contributed by atoms with Gasteiger partial charge in [0, 0.05) is 35.4 Å². The Kier molecular flexibility index (Phi) is 3.98. The van der Waals surface area contributed by atoms with E-state index in [0.29, 0.717) is 24.7 Å². The highest BCUT2D eigenvalue weighted by atomic mass is 16.2. The summed E-state index contributed by atoms with van der Waals surface area (Å²) in [5, 5.41) is 4.10. The largest absolute Gasteiger partial charge is 0.361 e. The van der Waals surface area contributed by atoms with E-state index in [1.54, 1.807) is 0 Å². The zero-order valence-electron chi connectivity index (χ0n) is 15.5. The number of aromatic amines is 1. The number of fused-ring (bicyclic) bond motifs is 1. The Labute approximate surface area is 157 Å². The fourth-order valence-electron chi connectivity index (χ4n) is 4.18. The zero-order chi connectivity index (χ0) is 19.3. The number of rotatable bonds is 3. The van der Waals surface area contributed by atoms with Crippen molar-refractivity contribution < 1.29 is 14.4 Å². The topological polar surface area (TPSA) is 108 Å². The molecule has 1 aliphatic heterocycles. The molecule has 7 nitrogen and oxygen atoms in total. The van der Waals surface area contributed by atoms with Gasteiger partial charge in [0.2, 0.25) is 0 Å². The summed E-state index contributed by atoms with van der Waals surface area (Å²) in [5.41, 5.74) is 7.65. The highest BCUT2D eigenvalue weighted by Gasteiger charge is 2.57. The van der Waals surface area contributed by atoms with Gasteiger partial charge in [-0.05, 0) is 36.5 Å². The number of likely N-dealkylation sites (tertiary alicyclic amines) is 1. The molecule has 2 aliphatic rings. The Hall–Kier alpha value is -2.83. The first-order valence-electron chi connectivity index (χ1n) is 9.31. The van der Waals surface area contributed by atoms with E-state index in [9.17, 15) is 14.4 Å². The van der Waals surface area contributed by atoms with Crippen molar-refractivity contribution in [3.8, 4) is 0 Å². The van der Waals surface area contributed by atoms with Gasteiger partial charge >= 0.3 is 11.8 Å². The second kappa shape index (κ2) is 6.11. The smallest absolute Gasteiger partial charge is 0.311 e. The molecule has 2 fully saturated rings. The number of benzene rings is 1. The van der Waals surface area contributed by atoms with Crippen LogP contribution in [0.2, 0.25) is 0 Å². The van der Waals surface area contributed by atoms with Gasteiger partial charge in [0.1, 0.15) is 5.69 Å². The molecule has 142 valence electrons. The first kappa shape index (κ1) is 17.6. The van der Waals surface area contributed by atoms with Gasteiger partial charge in [-0.25, -0.2) is 0 Å². The minimum atomic E-state index is -0.927. The molecule has 1 saturated heterocycles. The summed E-state index contributed by atoms with van der Waals surface area (Å²) < 4.78 is 0. The van der Waals surface area contributed by atoms with E-state index in [0.717, 1.165) is 23.7 Å². The molecular formula is C20H24N4O3. The number of hydrogen-bond donors (Lipinski definition) is 3. The Morgan fingerprint density at radius 2 is 2.00 bits per heavy atom. The lowest BCUT2D eigenvalue weighted by Crippen LogP contribution is -2.72. The molecule has 0 radical (unpaired) electrons. The van der Waals surface area contributed by atoms with E-state index in [4.69, 9.17) is 5.73 Å². The number of amides is 3. The maximum Gasteiger partial charge on any atom is 0.311 e. The molecule has 3 amide bonds. The summed E-state index contributed by atoms with van der Waals surface area (Å²) in [6.45, 7) is 5.23. The minimum Gasteiger partial charge on any atom is -0.361 e. The summed E-state index contributed by atoms with van der Waals surface area (Å²) in [4.78, 5) is 40.0. The lowest BCUT2D eigenvalue weighted by Gasteiger charge is -2.60. The van der Waals surface area contributed by atoms with Crippen molar-refractivity contribution in [1.29, 1.82) is 0 Å². The van der Waals surface area contributed by atoms with E-state index in [-0.39, 0.29) is 17.4 Å². The molecule has 1 aliphatic carbocycles. The van der Waals surface area contributed by atoms with Crippen molar-refractivity contribution in [2.75, 3.05) is 13.1 Å². The fourth-order valence-corrected chi connectivity index (χ4v) is 4.18. The van der Waals surface area contributed by atoms with Crippen LogP contribution in [0.1, 0.15) is 48.7 Å². The van der Waals surface area contributed by atoms with Crippen LogP contribution in [0.25, 0.3) is 10.9 Å². The van der Waals surface area contributed by atoms with Crippen LogP contribution < -0.4 is 11.1 Å². The Bertz CT molecular complexity index is 940. The second-order valence-electron chi connectivity index (χ2n) is 8.14. The number of carbonyl (C=O) groups excluding carboxylic acids is 3. The SMILES string of the molecule is CC(C)c1ccc2cc(C(=O)NC3CCC34CN(C(=O)C(N)=O)C4)[nH]c2c1. The number of nitrogens with zero attached hydrogens (tertiary/aromatic N) is 1. The van der Waals surface area contributed by atoms with Gasteiger partial charge in [0.05, 0.1) is 0 Å². The predicted octanol–water partition coefficient (Wildman–Crippen LogP) is 1.50. The van der Waals surface area contributed by atoms with E-state index in [1.165, 1.54) is 10.5 Å². The first-order chi connectivity index (χ1) is 12.8. The maximum absolute atomic E-state index is 12.7. The normalized spacial score (nSPS) is 20.4. The Balaban J connectivity index is 1.43. The molecule has 1 aromatic carbocycles. The number of nitrogens with two attached hydrogens (primary N) is 1. The van der Waals surface area contributed by atoms with Crippen LogP contribution in [0.3, 0.4) is 0 Å². The number of primary amides is 1. The standard InChI is InChI=1S/C20H24N4O3/c1-11(2)12-3-4-13-8-15(22-14(13)7-12)18(26)23-16-5-6-20(16)9-24(10-20)19(27)17(21)25/h3-4,7-8,11,16,22H,5-6,9-10H2,1-2H3,(H2,21,25)(H,23,26). The monoisotopic (exact) mass is 368 g/mol. The van der Waals surface area contributed by atoms with Crippen LogP contribution in [0.5, 0.6) is 0 Å². The average Bonchev–Trinajstić information content (AvgIpc) is 3.00. The van der Waals surface area contributed by atoms with Crippen LogP contribution in [0.4, 0.5) is 0 Å². The molecule has 1 saturated carbocycles. The zero-order valence-corrected chi connectivity index (χ0v) is 15.5. The number of aromatic nitrogens is 1. The van der Waals surface area contributed by atoms with Crippen molar-refractivity contribution in [3.63, 3.8) is 0 Å². The maximum atomic E-state index is 12.7. The third-order valence-corrected chi connectivity index (χ3v) is 6.04. The number of H-pyrrole nitrogens is 1. The Morgan fingerprint density at radius 3 is 2.59 bits per heavy atom. The van der Waals surface area contributed by atoms with Gasteiger partial charge < -0.3 is 20.9 Å². The van der Waals surface area contributed by atoms with Gasteiger partial charge in [-0.15, -0.1) is 0 Å². The second-order valence-corrected chi connectivity index (χ2v) is 8.14. The minimum absolute atomic E-state index is 0.0135. The van der Waals surface area contributed by atoms with Crippen LogP contribution in [-0.4, -0.2) is 46.7 Å². The predicted molar refractivity (Wildman–Crippen MR) is 101 cm³/mol. The highest BCUT2D eigenvalue weighted by Crippen LogP contribution is 2.48. The van der Waals surface area contributed by atoms with Crippen molar-refractivity contribution in [1.82, 2.24) is 15.2 Å². The number of hydrogen-bond acceptors (Lipinski definition) is 3. The molecule has 27 heavy (non-hydrogen) atoms. The summed E-state index contributed by atoms with van der Waals surface area (Å²) in [5.74, 6) is -1.28. The van der Waals surface area contributed by atoms with Crippen molar-refractivity contribution >= 4 is 28.6 Å². The molecule has 1 atom stereocenters. The third kappa shape index (κ3) is 2.87. The van der Waals surface area contributed by atoms with Gasteiger partial charge in [-0.2, -0.15) is 0 Å². The van der Waals surface area contributed by atoms with E-state index >= 15 is 0 Å². The van der Waals surface area contributed by atoms with Crippen molar-refractivity contribution in [3.05, 3.63) is 35.5 Å². The summed E-state index contributed by atoms with van der Waals surface area (Å²) in [7, 11) is 0. The molecule has 7 heteroatoms. The van der Waals surface area contributed by atoms with Gasteiger partial charge in [-0.3, -0.25) is 14.4 Å². The highest BCUT2D eigenvalue weighted by molar-refractivity contribution is 6.34. The lowest BCUT2D eigenvalue weighted by atomic mass is 9.59. The Morgan fingerprint density at radius 1 is 1.26 bits per heavy atom. The number of carbonyl (C=O) groups is 3.